The van der Waals surface area contributed by atoms with Crippen molar-refractivity contribution in [1.29, 1.82) is 0 Å². The Morgan fingerprint density at radius 3 is 1.45 bits per heavy atom. The second kappa shape index (κ2) is 13.5. The number of aryl methyl sites for hydroxylation is 2. The molecular weight excluding hydrogens is 731 g/mol. The molecule has 0 amide bonds. The number of rotatable bonds is 6. The maximum absolute atomic E-state index is 6.20. The van der Waals surface area contributed by atoms with Gasteiger partial charge < -0.3 is 13.7 Å². The maximum Gasteiger partial charge on any atom is 0.135 e. The first-order valence-corrected chi connectivity index (χ1v) is 21.3. The van der Waals surface area contributed by atoms with E-state index in [1.165, 1.54) is 77.5 Å². The van der Waals surface area contributed by atoms with E-state index in [1.807, 2.05) is 0 Å². The molecule has 0 fully saturated rings. The molecule has 2 heterocycles. The lowest BCUT2D eigenvalue weighted by Crippen LogP contribution is -2.16. The molecule has 3 nitrogen and oxygen atoms in total. The van der Waals surface area contributed by atoms with E-state index in [4.69, 9.17) is 8.83 Å². The van der Waals surface area contributed by atoms with Crippen molar-refractivity contribution < 1.29 is 8.83 Å². The molecule has 0 radical (unpaired) electrons. The van der Waals surface area contributed by atoms with E-state index >= 15 is 0 Å². The van der Waals surface area contributed by atoms with Crippen LogP contribution >= 0.6 is 0 Å². The summed E-state index contributed by atoms with van der Waals surface area (Å²) >= 11 is 0. The Labute approximate surface area is 350 Å². The highest BCUT2D eigenvalue weighted by molar-refractivity contribution is 5.92. The maximum atomic E-state index is 6.20. The van der Waals surface area contributed by atoms with E-state index in [-0.39, 0.29) is 5.41 Å². The third kappa shape index (κ3) is 5.57. The molecule has 0 spiro atoms. The van der Waals surface area contributed by atoms with E-state index in [0.717, 1.165) is 65.4 Å². The third-order valence-corrected chi connectivity index (χ3v) is 13.2. The first-order chi connectivity index (χ1) is 29.5. The molecule has 9 aromatic rings. The number of anilines is 3. The van der Waals surface area contributed by atoms with Gasteiger partial charge in [0.1, 0.15) is 22.7 Å². The number of benzene rings is 7. The number of nitrogens with zero attached hydrogens (tertiary/aromatic N) is 1. The van der Waals surface area contributed by atoms with Crippen LogP contribution in [-0.4, -0.2) is 0 Å². The summed E-state index contributed by atoms with van der Waals surface area (Å²) < 4.78 is 12.4. The lowest BCUT2D eigenvalue weighted by atomic mass is 9.81. The molecule has 7 aromatic carbocycles. The van der Waals surface area contributed by atoms with Crippen LogP contribution in [0.25, 0.3) is 78.6 Å². The zero-order valence-corrected chi connectivity index (χ0v) is 33.8. The number of hydrogen-bond donors (Lipinski definition) is 0. The van der Waals surface area contributed by atoms with Crippen molar-refractivity contribution in [3.05, 3.63) is 198 Å². The highest BCUT2D eigenvalue weighted by Gasteiger charge is 2.36. The average molecular weight is 774 g/mol. The summed E-state index contributed by atoms with van der Waals surface area (Å²) in [5, 5.41) is 2.44. The number of fused-ring (bicyclic) bond motifs is 9. The summed E-state index contributed by atoms with van der Waals surface area (Å²) in [6, 6.07) is 56.1. The Morgan fingerprint density at radius 2 is 0.883 bits per heavy atom. The SMILES string of the molecule is CC1(C)c2cc(-c3ccccc3)ccc2-c2ccc(N(c3ccc(-c4ccc5oc6c(c5c4)CCC=C6)cc3)c3ccc(-c4ccc5oc6c(c5c4)CCC=C6)cc3)cc21. The lowest BCUT2D eigenvalue weighted by molar-refractivity contribution is 0.595. The quantitative estimate of drug-likeness (QED) is 0.169. The monoisotopic (exact) mass is 773 g/mol. The lowest BCUT2D eigenvalue weighted by Gasteiger charge is -2.28. The van der Waals surface area contributed by atoms with E-state index < -0.39 is 0 Å². The fourth-order valence-electron chi connectivity index (χ4n) is 10.0. The van der Waals surface area contributed by atoms with Gasteiger partial charge in [-0.25, -0.2) is 0 Å². The summed E-state index contributed by atoms with van der Waals surface area (Å²) in [5.41, 5.74) is 20.3. The minimum atomic E-state index is -0.174. The summed E-state index contributed by atoms with van der Waals surface area (Å²) in [4.78, 5) is 2.41. The topological polar surface area (TPSA) is 29.5 Å². The van der Waals surface area contributed by atoms with Gasteiger partial charge in [0, 0.05) is 44.4 Å². The molecule has 0 N–H and O–H groups in total. The van der Waals surface area contributed by atoms with Gasteiger partial charge in [-0.15, -0.1) is 0 Å². The van der Waals surface area contributed by atoms with Crippen LogP contribution in [0.1, 0.15) is 60.5 Å². The third-order valence-electron chi connectivity index (χ3n) is 13.2. The van der Waals surface area contributed by atoms with Crippen LogP contribution in [0.15, 0.2) is 173 Å². The number of hydrogen-bond acceptors (Lipinski definition) is 3. The fraction of sp³-hybridized carbons (Fsp3) is 0.123. The first-order valence-electron chi connectivity index (χ1n) is 21.3. The van der Waals surface area contributed by atoms with E-state index in [9.17, 15) is 0 Å². The van der Waals surface area contributed by atoms with Crippen molar-refractivity contribution in [3.63, 3.8) is 0 Å². The van der Waals surface area contributed by atoms with Gasteiger partial charge in [-0.3, -0.25) is 0 Å². The Morgan fingerprint density at radius 1 is 0.433 bits per heavy atom. The summed E-state index contributed by atoms with van der Waals surface area (Å²) in [7, 11) is 0. The van der Waals surface area contributed by atoms with Gasteiger partial charge in [0.15, 0.2) is 0 Å². The Hall–Kier alpha value is -7.10. The van der Waals surface area contributed by atoms with Gasteiger partial charge in [0.05, 0.1) is 0 Å². The molecule has 0 unspecified atom stereocenters. The normalized spacial score (nSPS) is 14.6. The molecule has 0 atom stereocenters. The molecule has 0 bridgehead atoms. The number of furan rings is 2. The van der Waals surface area contributed by atoms with Crippen molar-refractivity contribution in [2.75, 3.05) is 4.90 Å². The van der Waals surface area contributed by atoms with Gasteiger partial charge >= 0.3 is 0 Å². The van der Waals surface area contributed by atoms with Crippen LogP contribution in [0.4, 0.5) is 17.1 Å². The van der Waals surface area contributed by atoms with Crippen molar-refractivity contribution in [2.45, 2.75) is 44.9 Å². The molecule has 3 aliphatic carbocycles. The largest absolute Gasteiger partial charge is 0.456 e. The van der Waals surface area contributed by atoms with Crippen molar-refractivity contribution in [2.24, 2.45) is 0 Å². The highest BCUT2D eigenvalue weighted by Crippen LogP contribution is 2.52. The van der Waals surface area contributed by atoms with E-state index in [2.05, 4.69) is 195 Å². The van der Waals surface area contributed by atoms with Crippen LogP contribution in [-0.2, 0) is 18.3 Å². The van der Waals surface area contributed by atoms with Crippen molar-refractivity contribution in [3.8, 4) is 44.5 Å². The van der Waals surface area contributed by atoms with Crippen LogP contribution in [0.3, 0.4) is 0 Å². The fourth-order valence-corrected chi connectivity index (χ4v) is 10.0. The summed E-state index contributed by atoms with van der Waals surface area (Å²) in [5.74, 6) is 2.00. The van der Waals surface area contributed by atoms with Gasteiger partial charge in [-0.1, -0.05) is 111 Å². The average Bonchev–Trinajstić information content (AvgIpc) is 3.94. The molecule has 12 rings (SSSR count). The summed E-state index contributed by atoms with van der Waals surface area (Å²) in [6.07, 6.45) is 12.8. The van der Waals surface area contributed by atoms with E-state index in [0.29, 0.717) is 0 Å². The van der Waals surface area contributed by atoms with Crippen LogP contribution < -0.4 is 4.90 Å². The predicted octanol–water partition coefficient (Wildman–Crippen LogP) is 15.9. The van der Waals surface area contributed by atoms with Crippen molar-refractivity contribution >= 4 is 51.2 Å². The molecule has 60 heavy (non-hydrogen) atoms. The molecule has 0 saturated carbocycles. The molecule has 0 aliphatic heterocycles. The predicted molar refractivity (Wildman–Crippen MR) is 249 cm³/mol. The van der Waals surface area contributed by atoms with Gasteiger partial charge in [0.2, 0.25) is 0 Å². The van der Waals surface area contributed by atoms with Gasteiger partial charge in [-0.05, 0) is 160 Å². The second-order valence-electron chi connectivity index (χ2n) is 17.1. The van der Waals surface area contributed by atoms with Gasteiger partial charge in [-0.2, -0.15) is 0 Å². The number of allylic oxidation sites excluding steroid dienone is 2. The molecule has 2 aromatic heterocycles. The molecule has 288 valence electrons. The Bertz CT molecular complexity index is 3070. The zero-order chi connectivity index (χ0) is 40.0. The molecular formula is C57H43NO2. The standard InChI is InChI=1S/C57H43NO2/c1-57(2)51-34-41(36-10-4-3-5-11-36)20-28-45(51)46-29-27-44(35-52(46)57)58(42-23-16-37(17-24-42)39-21-30-55-49(32-39)47-12-6-8-14-53(47)59-55)43-25-18-38(19-26-43)40-22-31-56-50(33-40)48-13-7-9-15-54(48)60-56/h3-5,8-11,14-35H,6-7,12-13H2,1-2H3. The van der Waals surface area contributed by atoms with Crippen LogP contribution in [0, 0.1) is 0 Å². The smallest absolute Gasteiger partial charge is 0.135 e. The van der Waals surface area contributed by atoms with Crippen molar-refractivity contribution in [1.82, 2.24) is 0 Å². The molecule has 3 heteroatoms. The van der Waals surface area contributed by atoms with Gasteiger partial charge in [0.25, 0.3) is 0 Å². The molecule has 3 aliphatic rings. The minimum Gasteiger partial charge on any atom is -0.456 e. The first kappa shape index (κ1) is 34.9. The summed E-state index contributed by atoms with van der Waals surface area (Å²) in [6.45, 7) is 4.75. The van der Waals surface area contributed by atoms with E-state index in [1.54, 1.807) is 0 Å². The Kier molecular flexibility index (Phi) is 7.84. The Balaban J connectivity index is 0.940. The highest BCUT2D eigenvalue weighted by atomic mass is 16.3. The van der Waals surface area contributed by atoms with Crippen LogP contribution in [0.2, 0.25) is 0 Å². The van der Waals surface area contributed by atoms with Crippen LogP contribution in [0.5, 0.6) is 0 Å². The zero-order valence-electron chi connectivity index (χ0n) is 33.8. The molecule has 0 saturated heterocycles. The minimum absolute atomic E-state index is 0.174. The second-order valence-corrected chi connectivity index (χ2v) is 17.1.